The van der Waals surface area contributed by atoms with Crippen LogP contribution in [0, 0.1) is 0 Å². The summed E-state index contributed by atoms with van der Waals surface area (Å²) in [5.74, 6) is 1.42. The SMILES string of the molecule is CCNC(=NCCOCCS(C)(=O)=O)Nc1cccc(OCCCOC)c1.I. The average Bonchev–Trinajstić information content (AvgIpc) is 2.61. The van der Waals surface area contributed by atoms with Crippen molar-refractivity contribution in [1.29, 1.82) is 0 Å². The highest BCUT2D eigenvalue weighted by Crippen LogP contribution is 2.17. The molecule has 0 radical (unpaired) electrons. The van der Waals surface area contributed by atoms with Gasteiger partial charge in [-0.25, -0.2) is 8.42 Å². The third-order valence-electron chi connectivity index (χ3n) is 3.31. The maximum absolute atomic E-state index is 11.0. The fourth-order valence-electron chi connectivity index (χ4n) is 2.04. The van der Waals surface area contributed by atoms with Gasteiger partial charge in [0.2, 0.25) is 0 Å². The number of guanidine groups is 1. The number of nitrogens with zero attached hydrogens (tertiary/aromatic N) is 1. The molecule has 0 heterocycles. The van der Waals surface area contributed by atoms with Crippen molar-refractivity contribution in [3.8, 4) is 5.75 Å². The molecule has 0 aromatic heterocycles. The van der Waals surface area contributed by atoms with Gasteiger partial charge in [0.05, 0.1) is 32.1 Å². The summed E-state index contributed by atoms with van der Waals surface area (Å²) in [5, 5.41) is 6.38. The molecule has 0 bridgehead atoms. The van der Waals surface area contributed by atoms with Crippen molar-refractivity contribution in [2.45, 2.75) is 13.3 Å². The predicted molar refractivity (Wildman–Crippen MR) is 124 cm³/mol. The van der Waals surface area contributed by atoms with Gasteiger partial charge >= 0.3 is 0 Å². The molecule has 1 aromatic rings. The minimum atomic E-state index is -3.00. The summed E-state index contributed by atoms with van der Waals surface area (Å²) in [6.07, 6.45) is 2.02. The molecule has 1 aromatic carbocycles. The largest absolute Gasteiger partial charge is 0.493 e. The van der Waals surface area contributed by atoms with E-state index in [-0.39, 0.29) is 36.3 Å². The third-order valence-corrected chi connectivity index (χ3v) is 4.21. The van der Waals surface area contributed by atoms with E-state index in [0.717, 1.165) is 17.9 Å². The van der Waals surface area contributed by atoms with Crippen LogP contribution in [0.25, 0.3) is 0 Å². The van der Waals surface area contributed by atoms with Gasteiger partial charge in [0.25, 0.3) is 0 Å². The van der Waals surface area contributed by atoms with Crippen molar-refractivity contribution < 1.29 is 22.6 Å². The molecule has 0 unspecified atom stereocenters. The average molecular weight is 529 g/mol. The zero-order valence-electron chi connectivity index (χ0n) is 16.8. The van der Waals surface area contributed by atoms with Gasteiger partial charge in [0, 0.05) is 44.7 Å². The number of ether oxygens (including phenoxy) is 3. The van der Waals surface area contributed by atoms with Crippen molar-refractivity contribution in [2.24, 2.45) is 4.99 Å². The molecule has 8 nitrogen and oxygen atoms in total. The normalized spacial score (nSPS) is 11.6. The van der Waals surface area contributed by atoms with Crippen LogP contribution < -0.4 is 15.4 Å². The first-order valence-corrected chi connectivity index (χ1v) is 11.0. The fraction of sp³-hybridized carbons (Fsp3) is 0.611. The van der Waals surface area contributed by atoms with Crippen LogP contribution in [0.3, 0.4) is 0 Å². The fourth-order valence-corrected chi connectivity index (χ4v) is 2.46. The number of methoxy groups -OCH3 is 1. The van der Waals surface area contributed by atoms with Crippen molar-refractivity contribution in [2.75, 3.05) is 64.0 Å². The van der Waals surface area contributed by atoms with E-state index in [0.29, 0.717) is 38.9 Å². The molecule has 0 saturated heterocycles. The molecule has 2 N–H and O–H groups in total. The van der Waals surface area contributed by atoms with E-state index in [9.17, 15) is 8.42 Å². The molecule has 28 heavy (non-hydrogen) atoms. The van der Waals surface area contributed by atoms with Crippen LogP contribution >= 0.6 is 24.0 Å². The Morgan fingerprint density at radius 2 is 1.96 bits per heavy atom. The van der Waals surface area contributed by atoms with Crippen molar-refractivity contribution >= 4 is 45.5 Å². The van der Waals surface area contributed by atoms with E-state index >= 15 is 0 Å². The molecule has 0 saturated carbocycles. The molecule has 0 aliphatic carbocycles. The lowest BCUT2D eigenvalue weighted by Crippen LogP contribution is -2.31. The Labute approximate surface area is 185 Å². The van der Waals surface area contributed by atoms with Crippen LogP contribution in [0.2, 0.25) is 0 Å². The smallest absolute Gasteiger partial charge is 0.195 e. The number of sulfone groups is 1. The van der Waals surface area contributed by atoms with Crippen LogP contribution in [-0.2, 0) is 19.3 Å². The number of benzene rings is 1. The maximum Gasteiger partial charge on any atom is 0.195 e. The molecule has 1 rings (SSSR count). The maximum atomic E-state index is 11.0. The Morgan fingerprint density at radius 3 is 2.64 bits per heavy atom. The monoisotopic (exact) mass is 529 g/mol. The lowest BCUT2D eigenvalue weighted by Gasteiger charge is -2.13. The first-order chi connectivity index (χ1) is 12.9. The number of anilines is 1. The quantitative estimate of drug-likeness (QED) is 0.175. The second-order valence-corrected chi connectivity index (χ2v) is 8.11. The summed E-state index contributed by atoms with van der Waals surface area (Å²) in [6.45, 7) is 4.92. The summed E-state index contributed by atoms with van der Waals surface area (Å²) >= 11 is 0. The molecular weight excluding hydrogens is 497 g/mol. The lowest BCUT2D eigenvalue weighted by molar-refractivity contribution is 0.157. The van der Waals surface area contributed by atoms with E-state index < -0.39 is 9.84 Å². The summed E-state index contributed by atoms with van der Waals surface area (Å²) in [5.41, 5.74) is 0.858. The number of aliphatic imine (C=N–C) groups is 1. The van der Waals surface area contributed by atoms with E-state index in [1.807, 2.05) is 31.2 Å². The molecule has 10 heteroatoms. The second kappa shape index (κ2) is 15.8. The molecule has 0 spiro atoms. The van der Waals surface area contributed by atoms with Crippen LogP contribution in [0.4, 0.5) is 5.69 Å². The molecule has 0 atom stereocenters. The van der Waals surface area contributed by atoms with Gasteiger partial charge in [-0.15, -0.1) is 24.0 Å². The highest BCUT2D eigenvalue weighted by Gasteiger charge is 2.03. The zero-order valence-corrected chi connectivity index (χ0v) is 19.9. The highest BCUT2D eigenvalue weighted by atomic mass is 127. The van der Waals surface area contributed by atoms with Gasteiger partial charge in [-0.3, -0.25) is 4.99 Å². The Balaban J connectivity index is 0.00000729. The minimum Gasteiger partial charge on any atom is -0.493 e. The Morgan fingerprint density at radius 1 is 1.18 bits per heavy atom. The van der Waals surface area contributed by atoms with Gasteiger partial charge in [-0.1, -0.05) is 6.07 Å². The van der Waals surface area contributed by atoms with Crippen LogP contribution in [0.1, 0.15) is 13.3 Å². The topological polar surface area (TPSA) is 98.3 Å². The summed E-state index contributed by atoms with van der Waals surface area (Å²) in [7, 11) is -1.33. The van der Waals surface area contributed by atoms with Crippen molar-refractivity contribution in [3.63, 3.8) is 0 Å². The van der Waals surface area contributed by atoms with Gasteiger partial charge in [-0.2, -0.15) is 0 Å². The second-order valence-electron chi connectivity index (χ2n) is 5.85. The number of rotatable bonds is 13. The Kier molecular flexibility index (Phi) is 15.1. The molecule has 0 aliphatic heterocycles. The number of halogens is 1. The predicted octanol–water partition coefficient (Wildman–Crippen LogP) is 2.16. The van der Waals surface area contributed by atoms with E-state index in [1.165, 1.54) is 6.26 Å². The Bertz CT molecular complexity index is 671. The summed E-state index contributed by atoms with van der Waals surface area (Å²) < 4.78 is 38.1. The zero-order chi connectivity index (χ0) is 20.0. The first-order valence-electron chi connectivity index (χ1n) is 8.97. The van der Waals surface area contributed by atoms with Crippen LogP contribution in [0.15, 0.2) is 29.3 Å². The minimum absolute atomic E-state index is 0. The van der Waals surface area contributed by atoms with Gasteiger partial charge in [0.15, 0.2) is 5.96 Å². The van der Waals surface area contributed by atoms with Crippen LogP contribution in [-0.4, -0.2) is 73.0 Å². The molecular formula is C18H32IN3O5S. The number of nitrogens with one attached hydrogen (secondary N) is 2. The molecule has 0 fully saturated rings. The molecule has 0 amide bonds. The molecule has 0 aliphatic rings. The highest BCUT2D eigenvalue weighted by molar-refractivity contribution is 14.0. The molecule has 162 valence electrons. The van der Waals surface area contributed by atoms with Gasteiger partial charge in [-0.05, 0) is 19.1 Å². The number of hydrogen-bond donors (Lipinski definition) is 2. The van der Waals surface area contributed by atoms with E-state index in [2.05, 4.69) is 15.6 Å². The lowest BCUT2D eigenvalue weighted by atomic mass is 10.3. The summed E-state index contributed by atoms with van der Waals surface area (Å²) in [4.78, 5) is 4.42. The van der Waals surface area contributed by atoms with Gasteiger partial charge < -0.3 is 24.8 Å². The number of hydrogen-bond acceptors (Lipinski definition) is 6. The third kappa shape index (κ3) is 14.0. The Hall–Kier alpha value is -1.11. The van der Waals surface area contributed by atoms with Crippen molar-refractivity contribution in [1.82, 2.24) is 5.32 Å². The summed E-state index contributed by atoms with van der Waals surface area (Å²) in [6, 6.07) is 7.64. The first kappa shape index (κ1) is 26.9. The van der Waals surface area contributed by atoms with Gasteiger partial charge in [0.1, 0.15) is 15.6 Å². The van der Waals surface area contributed by atoms with E-state index in [1.54, 1.807) is 7.11 Å². The van der Waals surface area contributed by atoms with Crippen molar-refractivity contribution in [3.05, 3.63) is 24.3 Å². The van der Waals surface area contributed by atoms with E-state index in [4.69, 9.17) is 14.2 Å². The van der Waals surface area contributed by atoms with Crippen LogP contribution in [0.5, 0.6) is 5.75 Å². The standard InChI is InChI=1S/C18H31N3O5S.HI/c1-4-19-18(20-9-12-25-13-14-27(3,22)23)21-16-7-5-8-17(15-16)26-11-6-10-24-2;/h5,7-8,15H,4,6,9-14H2,1-3H3,(H2,19,20,21);1H.